The maximum atomic E-state index is 10.4. The molecule has 2 rings (SSSR count). The summed E-state index contributed by atoms with van der Waals surface area (Å²) in [6, 6.07) is 0.328. The summed E-state index contributed by atoms with van der Waals surface area (Å²) in [5.74, 6) is 0. The van der Waals surface area contributed by atoms with Crippen LogP contribution < -0.4 is 5.73 Å². The summed E-state index contributed by atoms with van der Waals surface area (Å²) in [6.45, 7) is 3.22. The van der Waals surface area contributed by atoms with Crippen LogP contribution in [0, 0.1) is 0 Å². The summed E-state index contributed by atoms with van der Waals surface area (Å²) < 4.78 is 0. The number of likely N-dealkylation sites (tertiary alicyclic amines) is 1. The maximum absolute atomic E-state index is 10.4. The molecule has 1 aliphatic heterocycles. The van der Waals surface area contributed by atoms with Crippen molar-refractivity contribution in [3.05, 3.63) is 0 Å². The normalized spacial score (nSPS) is 40.3. The van der Waals surface area contributed by atoms with Crippen LogP contribution in [0.1, 0.15) is 38.5 Å². The van der Waals surface area contributed by atoms with Crippen molar-refractivity contribution in [3.63, 3.8) is 0 Å². The Hall–Kier alpha value is -0.120. The van der Waals surface area contributed by atoms with E-state index >= 15 is 0 Å². The van der Waals surface area contributed by atoms with Gasteiger partial charge in [-0.3, -0.25) is 0 Å². The lowest BCUT2D eigenvalue weighted by molar-refractivity contribution is -0.0248. The zero-order valence-corrected chi connectivity index (χ0v) is 8.91. The molecule has 14 heavy (non-hydrogen) atoms. The van der Waals surface area contributed by atoms with Crippen molar-refractivity contribution in [1.82, 2.24) is 4.90 Å². The Bertz CT molecular complexity index is 182. The van der Waals surface area contributed by atoms with Crippen LogP contribution in [0.5, 0.6) is 0 Å². The highest BCUT2D eigenvalue weighted by atomic mass is 16.3. The third-order valence-electron chi connectivity index (χ3n) is 3.68. The molecule has 0 aromatic heterocycles. The molecule has 1 saturated heterocycles. The van der Waals surface area contributed by atoms with E-state index in [-0.39, 0.29) is 0 Å². The van der Waals surface area contributed by atoms with Gasteiger partial charge in [0.05, 0.1) is 5.60 Å². The smallest absolute Gasteiger partial charge is 0.0775 e. The molecule has 3 N–H and O–H groups in total. The summed E-state index contributed by atoms with van der Waals surface area (Å²) in [6.07, 6.45) is 6.37. The van der Waals surface area contributed by atoms with Crippen LogP contribution >= 0.6 is 0 Å². The third-order valence-corrected chi connectivity index (χ3v) is 3.68. The quantitative estimate of drug-likeness (QED) is 0.687. The Kier molecular flexibility index (Phi) is 3.10. The van der Waals surface area contributed by atoms with Crippen molar-refractivity contribution in [2.45, 2.75) is 50.2 Å². The first kappa shape index (κ1) is 10.4. The molecule has 1 aliphatic carbocycles. The molecule has 1 heterocycles. The highest BCUT2D eigenvalue weighted by molar-refractivity contribution is 4.90. The zero-order chi connectivity index (χ0) is 10.0. The molecule has 0 bridgehead atoms. The monoisotopic (exact) mass is 198 g/mol. The average Bonchev–Trinajstić information content (AvgIpc) is 2.63. The van der Waals surface area contributed by atoms with Crippen molar-refractivity contribution in [3.8, 4) is 0 Å². The Morgan fingerprint density at radius 1 is 1.21 bits per heavy atom. The fourth-order valence-electron chi connectivity index (χ4n) is 2.69. The highest BCUT2D eigenvalue weighted by Crippen LogP contribution is 2.29. The molecule has 1 saturated carbocycles. The first-order chi connectivity index (χ1) is 6.68. The molecule has 0 atom stereocenters. The van der Waals surface area contributed by atoms with Crippen LogP contribution in [0.4, 0.5) is 0 Å². The molecule has 82 valence electrons. The third kappa shape index (κ3) is 2.47. The van der Waals surface area contributed by atoms with E-state index in [1.807, 2.05) is 0 Å². The van der Waals surface area contributed by atoms with Crippen LogP contribution in [0.3, 0.4) is 0 Å². The summed E-state index contributed by atoms with van der Waals surface area (Å²) in [5.41, 5.74) is 5.41. The average molecular weight is 198 g/mol. The predicted octanol–water partition coefficient (Wildman–Crippen LogP) is 0.715. The molecule has 2 aliphatic rings. The number of hydrogen-bond donors (Lipinski definition) is 2. The number of nitrogens with two attached hydrogens (primary N) is 1. The van der Waals surface area contributed by atoms with Gasteiger partial charge in [0, 0.05) is 12.6 Å². The molecule has 0 spiro atoms. The lowest BCUT2D eigenvalue weighted by Gasteiger charge is -2.37. The summed E-state index contributed by atoms with van der Waals surface area (Å²) in [7, 11) is 0. The largest absolute Gasteiger partial charge is 0.389 e. The standard InChI is InChI=1S/C11H22N2O/c12-10-3-5-11(14,6-4-10)9-13-7-1-2-8-13/h10,14H,1-9,12H2. The van der Waals surface area contributed by atoms with Crippen molar-refractivity contribution in [2.75, 3.05) is 19.6 Å². The molecular formula is C11H22N2O. The van der Waals surface area contributed by atoms with Gasteiger partial charge in [-0.25, -0.2) is 0 Å². The van der Waals surface area contributed by atoms with Crippen molar-refractivity contribution in [2.24, 2.45) is 5.73 Å². The minimum absolute atomic E-state index is 0.328. The van der Waals surface area contributed by atoms with Crippen molar-refractivity contribution >= 4 is 0 Å². The predicted molar refractivity (Wildman–Crippen MR) is 57.1 cm³/mol. The van der Waals surface area contributed by atoms with Gasteiger partial charge in [-0.2, -0.15) is 0 Å². The summed E-state index contributed by atoms with van der Waals surface area (Å²) in [4.78, 5) is 2.40. The Morgan fingerprint density at radius 2 is 1.79 bits per heavy atom. The fourth-order valence-corrected chi connectivity index (χ4v) is 2.69. The molecule has 0 aromatic rings. The van der Waals surface area contributed by atoms with Crippen molar-refractivity contribution < 1.29 is 5.11 Å². The van der Waals surface area contributed by atoms with Gasteiger partial charge in [-0.05, 0) is 51.6 Å². The van der Waals surface area contributed by atoms with E-state index < -0.39 is 5.60 Å². The molecule has 0 aromatic carbocycles. The van der Waals surface area contributed by atoms with Gasteiger partial charge in [0.1, 0.15) is 0 Å². The first-order valence-corrected chi connectivity index (χ1v) is 5.88. The minimum Gasteiger partial charge on any atom is -0.389 e. The molecule has 0 amide bonds. The number of aliphatic hydroxyl groups is 1. The maximum Gasteiger partial charge on any atom is 0.0775 e. The van der Waals surface area contributed by atoms with Gasteiger partial charge in [-0.1, -0.05) is 0 Å². The number of hydrogen-bond acceptors (Lipinski definition) is 3. The Balaban J connectivity index is 1.82. The molecule has 3 heteroatoms. The molecule has 0 radical (unpaired) electrons. The molecule has 2 fully saturated rings. The summed E-state index contributed by atoms with van der Waals surface area (Å²) >= 11 is 0. The van der Waals surface area contributed by atoms with E-state index in [0.29, 0.717) is 6.04 Å². The number of nitrogens with zero attached hydrogens (tertiary/aromatic N) is 1. The molecular weight excluding hydrogens is 176 g/mol. The lowest BCUT2D eigenvalue weighted by atomic mass is 9.82. The van der Waals surface area contributed by atoms with Gasteiger partial charge in [-0.15, -0.1) is 0 Å². The second kappa shape index (κ2) is 4.17. The fraction of sp³-hybridized carbons (Fsp3) is 1.00. The zero-order valence-electron chi connectivity index (χ0n) is 8.91. The van der Waals surface area contributed by atoms with E-state index in [1.165, 1.54) is 25.9 Å². The highest BCUT2D eigenvalue weighted by Gasteiger charge is 2.34. The van der Waals surface area contributed by atoms with Gasteiger partial charge < -0.3 is 15.7 Å². The van der Waals surface area contributed by atoms with Crippen LogP contribution in [0.25, 0.3) is 0 Å². The second-order valence-electron chi connectivity index (χ2n) is 5.05. The Labute approximate surface area is 86.3 Å². The number of β-amino-alcohol motifs (C(OH)–C–C–N with tert-alkyl or cyclic N) is 1. The van der Waals surface area contributed by atoms with E-state index in [4.69, 9.17) is 5.73 Å². The van der Waals surface area contributed by atoms with Crippen LogP contribution in [-0.2, 0) is 0 Å². The minimum atomic E-state index is -0.430. The van der Waals surface area contributed by atoms with Gasteiger partial charge in [0.25, 0.3) is 0 Å². The van der Waals surface area contributed by atoms with E-state index in [2.05, 4.69) is 4.90 Å². The lowest BCUT2D eigenvalue weighted by Crippen LogP contribution is -2.46. The van der Waals surface area contributed by atoms with E-state index in [1.54, 1.807) is 0 Å². The number of rotatable bonds is 2. The van der Waals surface area contributed by atoms with Gasteiger partial charge in [0.2, 0.25) is 0 Å². The first-order valence-electron chi connectivity index (χ1n) is 5.88. The summed E-state index contributed by atoms with van der Waals surface area (Å²) in [5, 5.41) is 10.4. The van der Waals surface area contributed by atoms with Gasteiger partial charge >= 0.3 is 0 Å². The van der Waals surface area contributed by atoms with Crippen LogP contribution in [0.15, 0.2) is 0 Å². The molecule has 0 unspecified atom stereocenters. The topological polar surface area (TPSA) is 49.5 Å². The van der Waals surface area contributed by atoms with E-state index in [9.17, 15) is 5.11 Å². The SMILES string of the molecule is NC1CCC(O)(CN2CCCC2)CC1. The van der Waals surface area contributed by atoms with Crippen LogP contribution in [0.2, 0.25) is 0 Å². The van der Waals surface area contributed by atoms with Crippen LogP contribution in [-0.4, -0.2) is 41.3 Å². The van der Waals surface area contributed by atoms with Gasteiger partial charge in [0.15, 0.2) is 0 Å². The Morgan fingerprint density at radius 3 is 2.36 bits per heavy atom. The molecule has 3 nitrogen and oxygen atoms in total. The van der Waals surface area contributed by atoms with E-state index in [0.717, 1.165) is 32.2 Å². The van der Waals surface area contributed by atoms with Crippen molar-refractivity contribution in [1.29, 1.82) is 0 Å². The second-order valence-corrected chi connectivity index (χ2v) is 5.05.